The normalized spacial score (nSPS) is 16.9. The zero-order valence-electron chi connectivity index (χ0n) is 13.3. The van der Waals surface area contributed by atoms with E-state index < -0.39 is 29.6 Å². The van der Waals surface area contributed by atoms with Crippen LogP contribution in [0.5, 0.6) is 0 Å². The molecule has 1 aliphatic heterocycles. The fourth-order valence-corrected chi connectivity index (χ4v) is 2.63. The number of allylic oxidation sites excluding steroid dienone is 1. The molecule has 2 aromatic rings. The van der Waals surface area contributed by atoms with Gasteiger partial charge in [-0.2, -0.15) is 0 Å². The van der Waals surface area contributed by atoms with Gasteiger partial charge in [0.05, 0.1) is 11.6 Å². The number of amides is 3. The number of halogens is 2. The molecule has 7 heteroatoms. The number of hydrogen-bond donors (Lipinski definition) is 3. The van der Waals surface area contributed by atoms with Crippen molar-refractivity contribution in [2.45, 2.75) is 13.0 Å². The van der Waals surface area contributed by atoms with E-state index in [1.807, 2.05) is 0 Å². The van der Waals surface area contributed by atoms with Crippen LogP contribution in [0.1, 0.15) is 18.5 Å². The Morgan fingerprint density at radius 3 is 2.16 bits per heavy atom. The molecule has 0 saturated heterocycles. The monoisotopic (exact) mass is 343 g/mol. The van der Waals surface area contributed by atoms with Gasteiger partial charge in [-0.3, -0.25) is 4.79 Å². The van der Waals surface area contributed by atoms with Gasteiger partial charge in [-0.25, -0.2) is 13.6 Å². The number of hydrogen-bond acceptors (Lipinski definition) is 2. The lowest BCUT2D eigenvalue weighted by Crippen LogP contribution is -2.45. The van der Waals surface area contributed by atoms with Crippen molar-refractivity contribution >= 4 is 17.6 Å². The Hall–Kier alpha value is -3.22. The molecule has 0 aromatic heterocycles. The van der Waals surface area contributed by atoms with Crippen LogP contribution >= 0.6 is 0 Å². The summed E-state index contributed by atoms with van der Waals surface area (Å²) in [6, 6.07) is 9.68. The Kier molecular flexibility index (Phi) is 4.47. The number of carbonyl (C=O) groups excluding carboxylic acids is 2. The molecule has 0 spiro atoms. The Balaban J connectivity index is 1.92. The molecule has 2 aromatic carbocycles. The van der Waals surface area contributed by atoms with Crippen LogP contribution in [0.4, 0.5) is 19.3 Å². The highest BCUT2D eigenvalue weighted by atomic mass is 19.1. The minimum atomic E-state index is -0.727. The van der Waals surface area contributed by atoms with Crippen LogP contribution in [0.2, 0.25) is 0 Å². The van der Waals surface area contributed by atoms with E-state index in [0.29, 0.717) is 16.9 Å². The van der Waals surface area contributed by atoms with Gasteiger partial charge in [-0.05, 0) is 48.9 Å². The number of urea groups is 1. The second kappa shape index (κ2) is 6.72. The Morgan fingerprint density at radius 2 is 1.56 bits per heavy atom. The second-order valence-electron chi connectivity index (χ2n) is 5.58. The highest BCUT2D eigenvalue weighted by Crippen LogP contribution is 2.28. The summed E-state index contributed by atoms with van der Waals surface area (Å²) in [6.45, 7) is 1.61. The van der Waals surface area contributed by atoms with E-state index in [4.69, 9.17) is 0 Å². The molecule has 0 unspecified atom stereocenters. The topological polar surface area (TPSA) is 70.2 Å². The maximum Gasteiger partial charge on any atom is 0.319 e. The number of carbonyl (C=O) groups is 2. The van der Waals surface area contributed by atoms with Gasteiger partial charge in [0.25, 0.3) is 5.91 Å². The van der Waals surface area contributed by atoms with Crippen molar-refractivity contribution in [1.29, 1.82) is 0 Å². The lowest BCUT2D eigenvalue weighted by Gasteiger charge is -2.28. The first kappa shape index (κ1) is 16.6. The van der Waals surface area contributed by atoms with Crippen molar-refractivity contribution in [1.82, 2.24) is 10.6 Å². The van der Waals surface area contributed by atoms with Crippen LogP contribution in [-0.2, 0) is 4.79 Å². The van der Waals surface area contributed by atoms with E-state index in [1.165, 1.54) is 48.5 Å². The predicted molar refractivity (Wildman–Crippen MR) is 88.5 cm³/mol. The average molecular weight is 343 g/mol. The molecular weight excluding hydrogens is 328 g/mol. The third-order valence-electron chi connectivity index (χ3n) is 3.82. The molecule has 0 bridgehead atoms. The van der Waals surface area contributed by atoms with Crippen LogP contribution in [0.15, 0.2) is 59.8 Å². The highest BCUT2D eigenvalue weighted by molar-refractivity contribution is 6.06. The quantitative estimate of drug-likeness (QED) is 0.801. The first-order chi connectivity index (χ1) is 11.9. The standard InChI is InChI=1S/C18H15F2N3O2/c1-10-15(17(24)22-14-8-6-13(20)7-9-14)16(23-18(25)21-10)11-2-4-12(19)5-3-11/h2-9,16H,1H3,(H,22,24)(H2,21,23,25)/t16-/m1/s1. The maximum atomic E-state index is 13.2. The van der Waals surface area contributed by atoms with Gasteiger partial charge in [-0.1, -0.05) is 12.1 Å². The zero-order chi connectivity index (χ0) is 18.0. The summed E-state index contributed by atoms with van der Waals surface area (Å²) in [7, 11) is 0. The van der Waals surface area contributed by atoms with Crippen LogP contribution in [0.3, 0.4) is 0 Å². The summed E-state index contributed by atoms with van der Waals surface area (Å²) in [6.07, 6.45) is 0. The molecule has 25 heavy (non-hydrogen) atoms. The minimum absolute atomic E-state index is 0.288. The van der Waals surface area contributed by atoms with E-state index in [0.717, 1.165) is 0 Å². The minimum Gasteiger partial charge on any atom is -0.327 e. The smallest absolute Gasteiger partial charge is 0.319 e. The van der Waals surface area contributed by atoms with Gasteiger partial charge in [0.1, 0.15) is 11.6 Å². The lowest BCUT2D eigenvalue weighted by molar-refractivity contribution is -0.113. The van der Waals surface area contributed by atoms with E-state index in [2.05, 4.69) is 16.0 Å². The van der Waals surface area contributed by atoms with Crippen molar-refractivity contribution in [2.24, 2.45) is 0 Å². The molecule has 0 aliphatic carbocycles. The van der Waals surface area contributed by atoms with Gasteiger partial charge in [0.2, 0.25) is 0 Å². The predicted octanol–water partition coefficient (Wildman–Crippen LogP) is 3.23. The van der Waals surface area contributed by atoms with Crippen LogP contribution in [-0.4, -0.2) is 11.9 Å². The molecule has 5 nitrogen and oxygen atoms in total. The molecule has 0 saturated carbocycles. The molecule has 3 rings (SSSR count). The molecule has 1 heterocycles. The molecule has 0 radical (unpaired) electrons. The summed E-state index contributed by atoms with van der Waals surface area (Å²) >= 11 is 0. The van der Waals surface area contributed by atoms with E-state index in [9.17, 15) is 18.4 Å². The van der Waals surface area contributed by atoms with Crippen molar-refractivity contribution in [3.8, 4) is 0 Å². The summed E-state index contributed by atoms with van der Waals surface area (Å²) in [5.41, 5.74) is 1.66. The zero-order valence-corrected chi connectivity index (χ0v) is 13.3. The van der Waals surface area contributed by atoms with Gasteiger partial charge < -0.3 is 16.0 Å². The van der Waals surface area contributed by atoms with E-state index >= 15 is 0 Å². The number of nitrogens with one attached hydrogen (secondary N) is 3. The van der Waals surface area contributed by atoms with Crippen LogP contribution in [0, 0.1) is 11.6 Å². The molecule has 3 N–H and O–H groups in total. The summed E-state index contributed by atoms with van der Waals surface area (Å²) in [5, 5.41) is 7.87. The van der Waals surface area contributed by atoms with Gasteiger partial charge in [-0.15, -0.1) is 0 Å². The van der Waals surface area contributed by atoms with Gasteiger partial charge in [0, 0.05) is 11.4 Å². The summed E-state index contributed by atoms with van der Waals surface area (Å²) in [5.74, 6) is -1.28. The van der Waals surface area contributed by atoms with Crippen LogP contribution in [0.25, 0.3) is 0 Å². The Labute approximate surface area is 142 Å². The number of rotatable bonds is 3. The van der Waals surface area contributed by atoms with Crippen molar-refractivity contribution in [3.05, 3.63) is 77.0 Å². The first-order valence-corrected chi connectivity index (χ1v) is 7.54. The van der Waals surface area contributed by atoms with E-state index in [1.54, 1.807) is 6.92 Å². The third-order valence-corrected chi connectivity index (χ3v) is 3.82. The van der Waals surface area contributed by atoms with Crippen molar-refractivity contribution in [2.75, 3.05) is 5.32 Å². The maximum absolute atomic E-state index is 13.2. The van der Waals surface area contributed by atoms with Crippen LogP contribution < -0.4 is 16.0 Å². The molecule has 1 atom stereocenters. The molecule has 128 valence electrons. The van der Waals surface area contributed by atoms with E-state index in [-0.39, 0.29) is 5.57 Å². The number of benzene rings is 2. The molecule has 3 amide bonds. The number of anilines is 1. The largest absolute Gasteiger partial charge is 0.327 e. The summed E-state index contributed by atoms with van der Waals surface area (Å²) < 4.78 is 26.2. The molecular formula is C18H15F2N3O2. The molecule has 1 aliphatic rings. The van der Waals surface area contributed by atoms with Crippen molar-refractivity contribution in [3.63, 3.8) is 0 Å². The fraction of sp³-hybridized carbons (Fsp3) is 0.111. The summed E-state index contributed by atoms with van der Waals surface area (Å²) in [4.78, 5) is 24.5. The highest BCUT2D eigenvalue weighted by Gasteiger charge is 2.31. The van der Waals surface area contributed by atoms with Gasteiger partial charge >= 0.3 is 6.03 Å². The first-order valence-electron chi connectivity index (χ1n) is 7.54. The Bertz CT molecular complexity index is 846. The Morgan fingerprint density at radius 1 is 1.00 bits per heavy atom. The lowest BCUT2D eigenvalue weighted by atomic mass is 9.95. The fourth-order valence-electron chi connectivity index (χ4n) is 2.63. The average Bonchev–Trinajstić information content (AvgIpc) is 2.57. The second-order valence-corrected chi connectivity index (χ2v) is 5.58. The molecule has 0 fully saturated rings. The van der Waals surface area contributed by atoms with Gasteiger partial charge in [0.15, 0.2) is 0 Å². The van der Waals surface area contributed by atoms with Crippen molar-refractivity contribution < 1.29 is 18.4 Å². The SMILES string of the molecule is CC1=C(C(=O)Nc2ccc(F)cc2)[C@@H](c2ccc(F)cc2)NC(=O)N1. The third kappa shape index (κ3) is 3.65.